The minimum Gasteiger partial charge on any atom is -1.00 e. The van der Waals surface area contributed by atoms with E-state index in [0.717, 1.165) is 0 Å². The maximum Gasteiger partial charge on any atom is 2.00 e. The Bertz CT molecular complexity index is 46.3. The fourth-order valence-corrected chi connectivity index (χ4v) is 0. The van der Waals surface area contributed by atoms with Crippen molar-refractivity contribution in [1.82, 2.24) is 0 Å². The quantitative estimate of drug-likeness (QED) is 0.531. The number of hydrogen-bond donors (Lipinski definition) is 2. The van der Waals surface area contributed by atoms with Gasteiger partial charge in [-0.1, -0.05) is 0 Å². The normalized spacial score (nSPS) is 3.43. The van der Waals surface area contributed by atoms with Crippen LogP contribution in [0, 0.1) is 0 Å². The van der Waals surface area contributed by atoms with E-state index in [1.54, 1.807) is 0 Å². The Labute approximate surface area is 113 Å². The van der Waals surface area contributed by atoms with Crippen LogP contribution in [0.3, 0.4) is 0 Å². The van der Waals surface area contributed by atoms with E-state index in [-0.39, 0.29) is 93.6 Å². The molecule has 6 heteroatoms. The molecule has 0 bridgehead atoms. The molecular weight excluding hydrogens is 176 g/mol. The second kappa shape index (κ2) is 15.7. The monoisotopic (exact) mass is 182 g/mol. The zero-order valence-electron chi connectivity index (χ0n) is 7.63. The van der Waals surface area contributed by atoms with Crippen LogP contribution in [0.1, 0.15) is 5.71 Å². The molecule has 0 radical (unpaired) electrons. The molecule has 0 aliphatic heterocycles. The van der Waals surface area contributed by atoms with Crippen LogP contribution in [0.5, 0.6) is 0 Å². The number of carbonyl (C=O) groups is 1. The van der Waals surface area contributed by atoms with Gasteiger partial charge in [-0.05, 0) is 0 Å². The van der Waals surface area contributed by atoms with E-state index >= 15 is 0 Å². The molecule has 40 valence electrons. The van der Waals surface area contributed by atoms with Gasteiger partial charge in [0.1, 0.15) is 0 Å². The van der Waals surface area contributed by atoms with Crippen molar-refractivity contribution in [3.63, 3.8) is 0 Å². The standard InChI is InChI=1S/CH2O3.2Ca.ClH.4H/c2-1(3)4;;;;;;;/h(H2,2,3,4);;;1H;;;;/q;2*+2;;4*-1. The van der Waals surface area contributed by atoms with Crippen LogP contribution in [0.15, 0.2) is 0 Å². The van der Waals surface area contributed by atoms with Gasteiger partial charge in [-0.25, -0.2) is 4.79 Å². The Morgan fingerprint density at radius 3 is 1.29 bits per heavy atom. The molecule has 0 aromatic heterocycles. The maximum absolute atomic E-state index is 8.56. The summed E-state index contributed by atoms with van der Waals surface area (Å²) in [6.45, 7) is 0. The molecule has 0 aliphatic rings. The summed E-state index contributed by atoms with van der Waals surface area (Å²) in [6, 6.07) is 0. The van der Waals surface area contributed by atoms with E-state index in [1.165, 1.54) is 0 Å². The Hall–Kier alpha value is 2.08. The van der Waals surface area contributed by atoms with E-state index in [9.17, 15) is 0 Å². The molecule has 0 spiro atoms. The molecule has 0 saturated heterocycles. The molecule has 0 fully saturated rings. The Kier molecular flexibility index (Phi) is 51.5. The van der Waals surface area contributed by atoms with Crippen LogP contribution in [-0.2, 0) is 0 Å². The SMILES string of the molecule is Cl.O=C(O)O.[Ca+2].[Ca+2].[H-].[H-].[H-].[H-]. The second-order valence-corrected chi connectivity index (χ2v) is 0.283. The van der Waals surface area contributed by atoms with Crippen LogP contribution in [0.4, 0.5) is 4.79 Å². The topological polar surface area (TPSA) is 57.5 Å². The van der Waals surface area contributed by atoms with Gasteiger partial charge in [0.15, 0.2) is 0 Å². The largest absolute Gasteiger partial charge is 2.00 e. The number of rotatable bonds is 0. The summed E-state index contributed by atoms with van der Waals surface area (Å²) >= 11 is 0. The van der Waals surface area contributed by atoms with Crippen molar-refractivity contribution in [2.75, 3.05) is 0 Å². The first-order chi connectivity index (χ1) is 1.73. The summed E-state index contributed by atoms with van der Waals surface area (Å²) in [5, 5.41) is 13.9. The van der Waals surface area contributed by atoms with Crippen molar-refractivity contribution < 1.29 is 20.7 Å². The van der Waals surface area contributed by atoms with Gasteiger partial charge in [-0.2, -0.15) is 0 Å². The van der Waals surface area contributed by atoms with Crippen molar-refractivity contribution in [3.05, 3.63) is 0 Å². The Balaban J connectivity index is -0.00000000214. The minimum atomic E-state index is -1.83. The van der Waals surface area contributed by atoms with Crippen molar-refractivity contribution >= 4 is 94.0 Å². The summed E-state index contributed by atoms with van der Waals surface area (Å²) in [5.41, 5.74) is 0. The second-order valence-electron chi connectivity index (χ2n) is 0.283. The molecule has 0 aromatic carbocycles. The zero-order chi connectivity index (χ0) is 3.58. The van der Waals surface area contributed by atoms with Crippen LogP contribution in [-0.4, -0.2) is 91.8 Å². The average Bonchev–Trinajstić information content (AvgIpc) is 0.811. The van der Waals surface area contributed by atoms with E-state index in [0.29, 0.717) is 0 Å². The van der Waals surface area contributed by atoms with Crippen LogP contribution in [0.2, 0.25) is 0 Å². The van der Waals surface area contributed by atoms with Gasteiger partial charge in [-0.15, -0.1) is 12.4 Å². The third-order valence-corrected chi connectivity index (χ3v) is 0. The number of hydrogen-bond acceptors (Lipinski definition) is 1. The summed E-state index contributed by atoms with van der Waals surface area (Å²) in [6.07, 6.45) is -1.83. The molecule has 0 saturated carbocycles. The van der Waals surface area contributed by atoms with Crippen molar-refractivity contribution in [2.45, 2.75) is 0 Å². The molecule has 3 nitrogen and oxygen atoms in total. The molecule has 0 heterocycles. The van der Waals surface area contributed by atoms with Gasteiger partial charge in [0, 0.05) is 0 Å². The van der Waals surface area contributed by atoms with Gasteiger partial charge < -0.3 is 15.9 Å². The summed E-state index contributed by atoms with van der Waals surface area (Å²) < 4.78 is 0. The van der Waals surface area contributed by atoms with Crippen molar-refractivity contribution in [1.29, 1.82) is 0 Å². The van der Waals surface area contributed by atoms with Gasteiger partial charge in [0.2, 0.25) is 0 Å². The fourth-order valence-electron chi connectivity index (χ4n) is 0. The third kappa shape index (κ3) is 69.1. The maximum atomic E-state index is 8.56. The van der Waals surface area contributed by atoms with E-state index in [4.69, 9.17) is 15.0 Å². The molecule has 0 amide bonds. The average molecular weight is 183 g/mol. The van der Waals surface area contributed by atoms with E-state index in [1.807, 2.05) is 0 Å². The zero-order valence-corrected chi connectivity index (χ0v) is 8.86. The van der Waals surface area contributed by atoms with Gasteiger partial charge >= 0.3 is 81.6 Å². The Morgan fingerprint density at radius 1 is 1.29 bits per heavy atom. The smallest absolute Gasteiger partial charge is 1.00 e. The molecule has 0 rings (SSSR count). The predicted molar refractivity (Wildman–Crippen MR) is 33.9 cm³/mol. The fraction of sp³-hybridized carbons (Fsp3) is 0. The van der Waals surface area contributed by atoms with Crippen molar-refractivity contribution in [3.8, 4) is 0 Å². The van der Waals surface area contributed by atoms with Crippen molar-refractivity contribution in [2.24, 2.45) is 0 Å². The van der Waals surface area contributed by atoms with Gasteiger partial charge in [0.25, 0.3) is 0 Å². The molecular formula is CH7Ca2ClO3. The predicted octanol–water partition coefficient (Wildman–Crippen LogP) is 0.333. The van der Waals surface area contributed by atoms with E-state index in [2.05, 4.69) is 0 Å². The summed E-state index contributed by atoms with van der Waals surface area (Å²) in [7, 11) is 0. The number of carboxylic acid groups (broad SMARTS) is 2. The minimum absolute atomic E-state index is 0. The summed E-state index contributed by atoms with van der Waals surface area (Å²) in [5.74, 6) is 0. The van der Waals surface area contributed by atoms with Gasteiger partial charge in [-0.3, -0.25) is 0 Å². The van der Waals surface area contributed by atoms with Crippen LogP contribution in [0.25, 0.3) is 0 Å². The molecule has 2 N–H and O–H groups in total. The number of halogens is 1. The summed E-state index contributed by atoms with van der Waals surface area (Å²) in [4.78, 5) is 8.56. The third-order valence-electron chi connectivity index (χ3n) is 0. The van der Waals surface area contributed by atoms with Crippen LogP contribution < -0.4 is 0 Å². The molecule has 0 unspecified atom stereocenters. The van der Waals surface area contributed by atoms with Crippen LogP contribution >= 0.6 is 12.4 Å². The molecule has 0 aliphatic carbocycles. The molecule has 7 heavy (non-hydrogen) atoms. The first-order valence-electron chi connectivity index (χ1n) is 0.651. The van der Waals surface area contributed by atoms with E-state index < -0.39 is 6.16 Å². The molecule has 0 atom stereocenters. The first-order valence-corrected chi connectivity index (χ1v) is 0.651. The molecule has 0 aromatic rings. The van der Waals surface area contributed by atoms with Gasteiger partial charge in [0.05, 0.1) is 0 Å². The Morgan fingerprint density at radius 2 is 1.29 bits per heavy atom. The first kappa shape index (κ1) is 23.0.